The molecule has 0 spiro atoms. The number of nitrogens with zero attached hydrogens (tertiary/aromatic N) is 2. The van der Waals surface area contributed by atoms with E-state index in [0.717, 1.165) is 23.1 Å². The number of halogens is 1. The highest BCUT2D eigenvalue weighted by Crippen LogP contribution is 2.27. The fourth-order valence-corrected chi connectivity index (χ4v) is 3.11. The van der Waals surface area contributed by atoms with Crippen molar-refractivity contribution in [2.24, 2.45) is 0 Å². The summed E-state index contributed by atoms with van der Waals surface area (Å²) < 4.78 is 25.2. The summed E-state index contributed by atoms with van der Waals surface area (Å²) in [6.45, 7) is 5.00. The lowest BCUT2D eigenvalue weighted by atomic mass is 10.1. The Bertz CT molecular complexity index is 1090. The first-order chi connectivity index (χ1) is 14.1. The average Bonchev–Trinajstić information content (AvgIpc) is 3.15. The second-order valence-electron chi connectivity index (χ2n) is 6.83. The minimum atomic E-state index is -0.407. The predicted octanol–water partition coefficient (Wildman–Crippen LogP) is 5.11. The van der Waals surface area contributed by atoms with E-state index in [1.54, 1.807) is 0 Å². The predicted molar refractivity (Wildman–Crippen MR) is 109 cm³/mol. The van der Waals surface area contributed by atoms with Crippen LogP contribution in [0.25, 0.3) is 11.2 Å². The van der Waals surface area contributed by atoms with Gasteiger partial charge in [0.05, 0.1) is 11.7 Å². The van der Waals surface area contributed by atoms with Gasteiger partial charge in [0.2, 0.25) is 0 Å². The molecule has 4 rings (SSSR count). The van der Waals surface area contributed by atoms with Gasteiger partial charge < -0.3 is 14.5 Å². The van der Waals surface area contributed by atoms with Crippen LogP contribution in [0.4, 0.5) is 4.39 Å². The number of hydrogen-bond donors (Lipinski definition) is 1. The number of aryl methyl sites for hydroxylation is 1. The molecule has 4 aromatic rings. The summed E-state index contributed by atoms with van der Waals surface area (Å²) in [6, 6.07) is 17.4. The molecule has 0 bridgehead atoms. The van der Waals surface area contributed by atoms with Crippen molar-refractivity contribution in [3.8, 4) is 5.75 Å². The van der Waals surface area contributed by atoms with Crippen LogP contribution in [0.3, 0.4) is 0 Å². The zero-order valence-corrected chi connectivity index (χ0v) is 16.4. The molecule has 6 heteroatoms. The third-order valence-corrected chi connectivity index (χ3v) is 4.61. The Morgan fingerprint density at radius 2 is 1.83 bits per heavy atom. The molecule has 0 amide bonds. The second kappa shape index (κ2) is 8.41. The number of fused-ring (bicyclic) bond motifs is 1. The standard InChI is InChI=1S/C23H22FN3O2/c1-3-28-21(23-26-20-12-18(24)13-25-22(20)27-23)17-8-10-19(11-9-17)29-14-16-6-4-15(2)5-7-16/h4-13,21H,3,14H2,1-2H3,(H,25,26,27). The van der Waals surface area contributed by atoms with Gasteiger partial charge >= 0.3 is 0 Å². The summed E-state index contributed by atoms with van der Waals surface area (Å²) in [5.41, 5.74) is 4.28. The maximum atomic E-state index is 13.4. The van der Waals surface area contributed by atoms with E-state index in [0.29, 0.717) is 30.2 Å². The van der Waals surface area contributed by atoms with Crippen LogP contribution < -0.4 is 4.74 Å². The van der Waals surface area contributed by atoms with Gasteiger partial charge in [-0.3, -0.25) is 0 Å². The normalized spacial score (nSPS) is 12.2. The summed E-state index contributed by atoms with van der Waals surface area (Å²) in [5.74, 6) is 0.960. The Balaban J connectivity index is 1.51. The van der Waals surface area contributed by atoms with Gasteiger partial charge in [-0.2, -0.15) is 0 Å². The van der Waals surface area contributed by atoms with E-state index in [-0.39, 0.29) is 0 Å². The molecule has 0 aliphatic heterocycles. The number of nitrogens with one attached hydrogen (secondary N) is 1. The van der Waals surface area contributed by atoms with Crippen LogP contribution >= 0.6 is 0 Å². The molecule has 2 aromatic carbocycles. The Morgan fingerprint density at radius 3 is 2.55 bits per heavy atom. The number of imidazole rings is 1. The fraction of sp³-hybridized carbons (Fsp3) is 0.217. The van der Waals surface area contributed by atoms with E-state index in [1.807, 2.05) is 31.2 Å². The summed E-state index contributed by atoms with van der Waals surface area (Å²) in [5, 5.41) is 0. The third-order valence-electron chi connectivity index (χ3n) is 4.61. The molecule has 29 heavy (non-hydrogen) atoms. The lowest BCUT2D eigenvalue weighted by molar-refractivity contribution is 0.0859. The van der Waals surface area contributed by atoms with E-state index in [1.165, 1.54) is 11.6 Å². The van der Waals surface area contributed by atoms with E-state index in [4.69, 9.17) is 9.47 Å². The van der Waals surface area contributed by atoms with Crippen molar-refractivity contribution in [3.63, 3.8) is 0 Å². The van der Waals surface area contributed by atoms with Crippen LogP contribution in [-0.4, -0.2) is 21.6 Å². The number of ether oxygens (including phenoxy) is 2. The van der Waals surface area contributed by atoms with Crippen molar-refractivity contribution >= 4 is 11.2 Å². The van der Waals surface area contributed by atoms with Crippen molar-refractivity contribution in [1.29, 1.82) is 0 Å². The molecule has 0 fully saturated rings. The van der Waals surface area contributed by atoms with Crippen LogP contribution in [0.2, 0.25) is 0 Å². The number of rotatable bonds is 7. The zero-order valence-electron chi connectivity index (χ0n) is 16.4. The molecule has 0 saturated heterocycles. The second-order valence-corrected chi connectivity index (χ2v) is 6.83. The average molecular weight is 391 g/mol. The first kappa shape index (κ1) is 19.1. The molecule has 2 heterocycles. The summed E-state index contributed by atoms with van der Waals surface area (Å²) >= 11 is 0. The maximum absolute atomic E-state index is 13.4. The molecule has 0 saturated carbocycles. The highest BCUT2D eigenvalue weighted by molar-refractivity contribution is 5.70. The van der Waals surface area contributed by atoms with Gasteiger partial charge in [0, 0.05) is 12.7 Å². The van der Waals surface area contributed by atoms with Gasteiger partial charge in [0.25, 0.3) is 0 Å². The van der Waals surface area contributed by atoms with Gasteiger partial charge in [-0.05, 0) is 37.1 Å². The van der Waals surface area contributed by atoms with Crippen LogP contribution in [0.15, 0.2) is 60.8 Å². The van der Waals surface area contributed by atoms with Gasteiger partial charge in [-0.1, -0.05) is 42.0 Å². The smallest absolute Gasteiger partial charge is 0.178 e. The molecular formula is C23H22FN3O2. The molecule has 148 valence electrons. The minimum Gasteiger partial charge on any atom is -0.489 e. The van der Waals surface area contributed by atoms with E-state index >= 15 is 0 Å². The third kappa shape index (κ3) is 4.43. The number of hydrogen-bond acceptors (Lipinski definition) is 4. The minimum absolute atomic E-state index is 0.400. The van der Waals surface area contributed by atoms with Crippen molar-refractivity contribution in [2.45, 2.75) is 26.6 Å². The van der Waals surface area contributed by atoms with E-state index in [9.17, 15) is 4.39 Å². The maximum Gasteiger partial charge on any atom is 0.178 e. The van der Waals surface area contributed by atoms with E-state index in [2.05, 4.69) is 46.1 Å². The SMILES string of the molecule is CCOC(c1ccc(OCc2ccc(C)cc2)cc1)c1nc2ncc(F)cc2[nH]1. The lowest BCUT2D eigenvalue weighted by Crippen LogP contribution is -2.08. The zero-order chi connectivity index (χ0) is 20.2. The monoisotopic (exact) mass is 391 g/mol. The molecule has 5 nitrogen and oxygen atoms in total. The summed E-state index contributed by atoms with van der Waals surface area (Å²) in [6.07, 6.45) is 0.756. The van der Waals surface area contributed by atoms with Crippen LogP contribution in [0.1, 0.15) is 35.5 Å². The molecule has 1 atom stereocenters. The Hall–Kier alpha value is -3.25. The molecular weight excluding hydrogens is 369 g/mol. The highest BCUT2D eigenvalue weighted by Gasteiger charge is 2.19. The Morgan fingerprint density at radius 1 is 1.07 bits per heavy atom. The first-order valence-corrected chi connectivity index (χ1v) is 9.53. The summed E-state index contributed by atoms with van der Waals surface area (Å²) in [4.78, 5) is 11.6. The number of pyridine rings is 1. The van der Waals surface area contributed by atoms with Crippen molar-refractivity contribution in [1.82, 2.24) is 15.0 Å². The molecule has 1 N–H and O–H groups in total. The number of H-pyrrole nitrogens is 1. The van der Waals surface area contributed by atoms with Crippen LogP contribution in [-0.2, 0) is 11.3 Å². The van der Waals surface area contributed by atoms with Crippen molar-refractivity contribution in [2.75, 3.05) is 6.61 Å². The largest absolute Gasteiger partial charge is 0.489 e. The molecule has 0 radical (unpaired) electrons. The number of aromatic amines is 1. The fourth-order valence-electron chi connectivity index (χ4n) is 3.11. The number of benzene rings is 2. The molecule has 1 unspecified atom stereocenters. The lowest BCUT2D eigenvalue weighted by Gasteiger charge is -2.16. The highest BCUT2D eigenvalue weighted by atomic mass is 19.1. The van der Waals surface area contributed by atoms with Gasteiger partial charge in [0.15, 0.2) is 5.65 Å². The van der Waals surface area contributed by atoms with Crippen LogP contribution in [0, 0.1) is 12.7 Å². The molecule has 2 aromatic heterocycles. The first-order valence-electron chi connectivity index (χ1n) is 9.53. The Kier molecular flexibility index (Phi) is 5.53. The topological polar surface area (TPSA) is 60.0 Å². The van der Waals surface area contributed by atoms with Gasteiger partial charge in [-0.25, -0.2) is 14.4 Å². The molecule has 0 aliphatic rings. The van der Waals surface area contributed by atoms with Crippen LogP contribution in [0.5, 0.6) is 5.75 Å². The van der Waals surface area contributed by atoms with Crippen molar-refractivity contribution in [3.05, 3.63) is 89.1 Å². The van der Waals surface area contributed by atoms with Gasteiger partial charge in [0.1, 0.15) is 30.1 Å². The Labute approximate surface area is 168 Å². The summed E-state index contributed by atoms with van der Waals surface area (Å²) in [7, 11) is 0. The molecule has 0 aliphatic carbocycles. The quantitative estimate of drug-likeness (QED) is 0.476. The van der Waals surface area contributed by atoms with E-state index < -0.39 is 11.9 Å². The van der Waals surface area contributed by atoms with Gasteiger partial charge in [-0.15, -0.1) is 0 Å². The number of aromatic nitrogens is 3. The van der Waals surface area contributed by atoms with Crippen molar-refractivity contribution < 1.29 is 13.9 Å².